The van der Waals surface area contributed by atoms with Crippen molar-refractivity contribution in [1.29, 1.82) is 0 Å². The molecule has 0 amide bonds. The predicted octanol–water partition coefficient (Wildman–Crippen LogP) is 4.70. The number of fused-ring (bicyclic) bond motifs is 2. The number of pyridine rings is 1. The molecule has 0 radical (unpaired) electrons. The van der Waals surface area contributed by atoms with Gasteiger partial charge in [0.15, 0.2) is 11.5 Å². The molecule has 2 aromatic carbocycles. The van der Waals surface area contributed by atoms with Crippen molar-refractivity contribution in [2.75, 3.05) is 33.9 Å². The minimum Gasteiger partial charge on any atom is -0.493 e. The Balaban J connectivity index is 1.41. The number of piperidine rings is 1. The lowest BCUT2D eigenvalue weighted by atomic mass is 9.99. The first-order valence-electron chi connectivity index (χ1n) is 10.9. The molecule has 1 aliphatic heterocycles. The lowest BCUT2D eigenvalue weighted by molar-refractivity contribution is 0.148. The summed E-state index contributed by atoms with van der Waals surface area (Å²) < 4.78 is 17.9. The van der Waals surface area contributed by atoms with Gasteiger partial charge in [0, 0.05) is 36.2 Å². The van der Waals surface area contributed by atoms with E-state index in [0.29, 0.717) is 35.7 Å². The van der Waals surface area contributed by atoms with Crippen LogP contribution in [0.5, 0.6) is 23.1 Å². The van der Waals surface area contributed by atoms with E-state index in [1.165, 1.54) is 19.2 Å². The van der Waals surface area contributed by atoms with E-state index in [4.69, 9.17) is 14.2 Å². The molecule has 2 aromatic heterocycles. The molecule has 164 valence electrons. The van der Waals surface area contributed by atoms with Gasteiger partial charge in [-0.1, -0.05) is 6.07 Å². The van der Waals surface area contributed by atoms with Crippen molar-refractivity contribution in [3.05, 3.63) is 55.0 Å². The van der Waals surface area contributed by atoms with Gasteiger partial charge in [-0.15, -0.1) is 0 Å². The maximum Gasteiger partial charge on any atom is 0.230 e. The van der Waals surface area contributed by atoms with Gasteiger partial charge in [0.1, 0.15) is 12.1 Å². The number of ether oxygens (including phenoxy) is 3. The highest BCUT2D eigenvalue weighted by Gasteiger charge is 2.19. The highest BCUT2D eigenvalue weighted by Crippen LogP contribution is 2.36. The zero-order chi connectivity index (χ0) is 21.9. The average molecular weight is 431 g/mol. The van der Waals surface area contributed by atoms with Crippen molar-refractivity contribution in [2.24, 2.45) is 5.92 Å². The van der Waals surface area contributed by atoms with Crippen molar-refractivity contribution in [1.82, 2.24) is 19.9 Å². The molecular weight excluding hydrogens is 404 g/mol. The fourth-order valence-electron chi connectivity index (χ4n) is 4.23. The maximum atomic E-state index is 6.17. The Bertz CT molecular complexity index is 1250. The fourth-order valence-corrected chi connectivity index (χ4v) is 4.23. The number of aromatic nitrogens is 3. The van der Waals surface area contributed by atoms with Crippen LogP contribution in [0.25, 0.3) is 21.8 Å². The quantitative estimate of drug-likeness (QED) is 0.439. The van der Waals surface area contributed by atoms with E-state index in [-0.39, 0.29) is 0 Å². The van der Waals surface area contributed by atoms with Gasteiger partial charge >= 0.3 is 0 Å². The summed E-state index contributed by atoms with van der Waals surface area (Å²) >= 11 is 0. The topological polar surface area (TPSA) is 69.6 Å². The zero-order valence-electron chi connectivity index (χ0n) is 18.3. The van der Waals surface area contributed by atoms with Crippen LogP contribution in [-0.2, 0) is 0 Å². The van der Waals surface area contributed by atoms with Gasteiger partial charge in [0.25, 0.3) is 0 Å². The van der Waals surface area contributed by atoms with Gasteiger partial charge in [-0.25, -0.2) is 9.97 Å². The number of hydrogen-bond acceptors (Lipinski definition) is 7. The Hall–Kier alpha value is -3.45. The van der Waals surface area contributed by atoms with Crippen LogP contribution in [0.3, 0.4) is 0 Å². The van der Waals surface area contributed by atoms with Crippen LogP contribution in [0.4, 0.5) is 0 Å². The van der Waals surface area contributed by atoms with Gasteiger partial charge in [-0.2, -0.15) is 0 Å². The SMILES string of the molecule is COc1cc2c(Oc3ccc4cccnc4c3)ncnc2cc1OCC1CCCN(C)C1. The van der Waals surface area contributed by atoms with Crippen LogP contribution in [-0.4, -0.2) is 53.7 Å². The van der Waals surface area contributed by atoms with Crippen molar-refractivity contribution >= 4 is 21.8 Å². The Kier molecular flexibility index (Phi) is 5.73. The summed E-state index contributed by atoms with van der Waals surface area (Å²) in [5.74, 6) is 2.97. The lowest BCUT2D eigenvalue weighted by Gasteiger charge is -2.29. The summed E-state index contributed by atoms with van der Waals surface area (Å²) in [5, 5.41) is 1.82. The number of likely N-dealkylation sites (tertiary alicyclic amines) is 1. The second-order valence-corrected chi connectivity index (χ2v) is 8.24. The third-order valence-electron chi connectivity index (χ3n) is 5.87. The standard InChI is InChI=1S/C25H26N4O3/c1-29-10-4-5-17(14-29)15-31-24-13-22-20(12-23(24)30-2)25(28-16-27-22)32-19-8-7-18-6-3-9-26-21(18)11-19/h3,6-9,11-13,16-17H,4-5,10,14-15H2,1-2H3. The molecule has 0 bridgehead atoms. The molecule has 1 saturated heterocycles. The zero-order valence-corrected chi connectivity index (χ0v) is 18.3. The minimum absolute atomic E-state index is 0.462. The van der Waals surface area contributed by atoms with E-state index in [0.717, 1.165) is 34.9 Å². The second kappa shape index (κ2) is 8.96. The second-order valence-electron chi connectivity index (χ2n) is 8.24. The van der Waals surface area contributed by atoms with Crippen LogP contribution in [0.1, 0.15) is 12.8 Å². The fraction of sp³-hybridized carbons (Fsp3) is 0.320. The van der Waals surface area contributed by atoms with E-state index in [1.807, 2.05) is 42.5 Å². The first-order valence-corrected chi connectivity index (χ1v) is 10.9. The molecule has 7 nitrogen and oxygen atoms in total. The van der Waals surface area contributed by atoms with Crippen molar-refractivity contribution in [2.45, 2.75) is 12.8 Å². The first kappa shape index (κ1) is 20.5. The molecule has 7 heteroatoms. The summed E-state index contributed by atoms with van der Waals surface area (Å²) in [5.41, 5.74) is 1.61. The highest BCUT2D eigenvalue weighted by atomic mass is 16.5. The number of benzene rings is 2. The highest BCUT2D eigenvalue weighted by molar-refractivity contribution is 5.87. The Morgan fingerprint density at radius 2 is 1.97 bits per heavy atom. The van der Waals surface area contributed by atoms with Crippen LogP contribution in [0.15, 0.2) is 55.0 Å². The maximum absolute atomic E-state index is 6.17. The summed E-state index contributed by atoms with van der Waals surface area (Å²) in [6, 6.07) is 13.5. The molecule has 1 atom stereocenters. The molecule has 4 aromatic rings. The van der Waals surface area contributed by atoms with Crippen molar-refractivity contribution < 1.29 is 14.2 Å². The van der Waals surface area contributed by atoms with Crippen LogP contribution >= 0.6 is 0 Å². The molecular formula is C25H26N4O3. The third kappa shape index (κ3) is 4.29. The predicted molar refractivity (Wildman–Crippen MR) is 124 cm³/mol. The van der Waals surface area contributed by atoms with Crippen LogP contribution in [0, 0.1) is 5.92 Å². The molecule has 0 spiro atoms. The first-order chi connectivity index (χ1) is 15.7. The van der Waals surface area contributed by atoms with Crippen molar-refractivity contribution in [3.8, 4) is 23.1 Å². The van der Waals surface area contributed by atoms with Gasteiger partial charge in [-0.05, 0) is 50.7 Å². The molecule has 1 unspecified atom stereocenters. The monoisotopic (exact) mass is 430 g/mol. The van der Waals surface area contributed by atoms with E-state index in [9.17, 15) is 0 Å². The Labute approximate surface area is 187 Å². The minimum atomic E-state index is 0.462. The average Bonchev–Trinajstić information content (AvgIpc) is 2.82. The van der Waals surface area contributed by atoms with Crippen LogP contribution < -0.4 is 14.2 Å². The van der Waals surface area contributed by atoms with Crippen molar-refractivity contribution in [3.63, 3.8) is 0 Å². The third-order valence-corrected chi connectivity index (χ3v) is 5.87. The molecule has 0 aliphatic carbocycles. The number of nitrogens with zero attached hydrogens (tertiary/aromatic N) is 4. The lowest BCUT2D eigenvalue weighted by Crippen LogP contribution is -2.34. The smallest absolute Gasteiger partial charge is 0.230 e. The van der Waals surface area contributed by atoms with E-state index >= 15 is 0 Å². The summed E-state index contributed by atoms with van der Waals surface area (Å²) in [7, 11) is 3.80. The molecule has 5 rings (SSSR count). The largest absolute Gasteiger partial charge is 0.493 e. The molecule has 1 aliphatic rings. The molecule has 0 saturated carbocycles. The number of hydrogen-bond donors (Lipinski definition) is 0. The van der Waals surface area contributed by atoms with Gasteiger partial charge < -0.3 is 19.1 Å². The number of methoxy groups -OCH3 is 1. The Morgan fingerprint density at radius 3 is 2.84 bits per heavy atom. The summed E-state index contributed by atoms with van der Waals surface area (Å²) in [6.07, 6.45) is 5.66. The summed E-state index contributed by atoms with van der Waals surface area (Å²) in [6.45, 7) is 2.87. The summed E-state index contributed by atoms with van der Waals surface area (Å²) in [4.78, 5) is 15.5. The normalized spacial score (nSPS) is 16.9. The molecule has 0 N–H and O–H groups in total. The Morgan fingerprint density at radius 1 is 1.03 bits per heavy atom. The molecule has 3 heterocycles. The van der Waals surface area contributed by atoms with Crippen LogP contribution in [0.2, 0.25) is 0 Å². The van der Waals surface area contributed by atoms with Gasteiger partial charge in [0.05, 0.1) is 30.1 Å². The molecule has 32 heavy (non-hydrogen) atoms. The molecule has 1 fully saturated rings. The number of rotatable bonds is 6. The van der Waals surface area contributed by atoms with E-state index in [1.54, 1.807) is 13.3 Å². The van der Waals surface area contributed by atoms with E-state index in [2.05, 4.69) is 26.9 Å². The van der Waals surface area contributed by atoms with E-state index < -0.39 is 0 Å². The van der Waals surface area contributed by atoms with Gasteiger partial charge in [-0.3, -0.25) is 4.98 Å². The van der Waals surface area contributed by atoms with Gasteiger partial charge in [0.2, 0.25) is 5.88 Å².